The first-order valence-electron chi connectivity index (χ1n) is 5.83. The fraction of sp³-hybridized carbons (Fsp3) is 0.727. The van der Waals surface area contributed by atoms with Crippen molar-refractivity contribution in [2.45, 2.75) is 37.8 Å². The van der Waals surface area contributed by atoms with Crippen LogP contribution in [0.5, 0.6) is 0 Å². The van der Waals surface area contributed by atoms with Crippen LogP contribution in [0, 0.1) is 0 Å². The standard InChI is InChI=1S/C11H20N4O/c1-15-8-9(7-13-15)5-10(14-12)6-11-3-2-4-16-11/h7-8,10-11,14H,2-6,12H2,1H3. The molecule has 0 aromatic carbocycles. The Hall–Kier alpha value is -0.910. The van der Waals surface area contributed by atoms with Crippen molar-refractivity contribution >= 4 is 0 Å². The topological polar surface area (TPSA) is 65.1 Å². The van der Waals surface area contributed by atoms with Crippen molar-refractivity contribution in [3.63, 3.8) is 0 Å². The molecule has 2 rings (SSSR count). The van der Waals surface area contributed by atoms with Gasteiger partial charge in [0, 0.05) is 25.9 Å². The van der Waals surface area contributed by atoms with Crippen molar-refractivity contribution in [2.75, 3.05) is 6.61 Å². The first kappa shape index (κ1) is 11.6. The van der Waals surface area contributed by atoms with Crippen molar-refractivity contribution in [2.24, 2.45) is 12.9 Å². The lowest BCUT2D eigenvalue weighted by molar-refractivity contribution is 0.0946. The lowest BCUT2D eigenvalue weighted by Gasteiger charge is -2.18. The predicted octanol–water partition coefficient (Wildman–Crippen LogP) is 0.364. The molecule has 0 amide bonds. The first-order chi connectivity index (χ1) is 7.78. The highest BCUT2D eigenvalue weighted by Crippen LogP contribution is 2.18. The SMILES string of the molecule is Cn1cc(CC(CC2CCCO2)NN)cn1. The Morgan fingerprint density at radius 3 is 3.19 bits per heavy atom. The van der Waals surface area contributed by atoms with Gasteiger partial charge in [0.1, 0.15) is 0 Å². The molecule has 5 nitrogen and oxygen atoms in total. The van der Waals surface area contributed by atoms with Gasteiger partial charge in [-0.2, -0.15) is 5.10 Å². The van der Waals surface area contributed by atoms with Crippen molar-refractivity contribution in [1.29, 1.82) is 0 Å². The van der Waals surface area contributed by atoms with Crippen molar-refractivity contribution in [3.05, 3.63) is 18.0 Å². The van der Waals surface area contributed by atoms with E-state index in [1.807, 2.05) is 24.1 Å². The summed E-state index contributed by atoms with van der Waals surface area (Å²) in [6.45, 7) is 0.898. The molecule has 2 atom stereocenters. The van der Waals surface area contributed by atoms with E-state index < -0.39 is 0 Å². The Morgan fingerprint density at radius 1 is 1.75 bits per heavy atom. The van der Waals surface area contributed by atoms with E-state index in [1.165, 1.54) is 12.0 Å². The largest absolute Gasteiger partial charge is 0.378 e. The van der Waals surface area contributed by atoms with E-state index in [2.05, 4.69) is 10.5 Å². The van der Waals surface area contributed by atoms with Crippen molar-refractivity contribution in [1.82, 2.24) is 15.2 Å². The zero-order valence-electron chi connectivity index (χ0n) is 9.72. The van der Waals surface area contributed by atoms with E-state index in [0.29, 0.717) is 6.10 Å². The van der Waals surface area contributed by atoms with Crippen LogP contribution in [0.25, 0.3) is 0 Å². The van der Waals surface area contributed by atoms with Gasteiger partial charge in [-0.15, -0.1) is 0 Å². The van der Waals surface area contributed by atoms with Gasteiger partial charge in [0.2, 0.25) is 0 Å². The van der Waals surface area contributed by atoms with Gasteiger partial charge in [0.25, 0.3) is 0 Å². The Morgan fingerprint density at radius 2 is 2.62 bits per heavy atom. The van der Waals surface area contributed by atoms with Gasteiger partial charge in [-0.25, -0.2) is 0 Å². The molecule has 0 spiro atoms. The number of rotatable bonds is 5. The van der Waals surface area contributed by atoms with E-state index in [4.69, 9.17) is 10.6 Å². The highest BCUT2D eigenvalue weighted by atomic mass is 16.5. The smallest absolute Gasteiger partial charge is 0.0591 e. The van der Waals surface area contributed by atoms with Crippen molar-refractivity contribution < 1.29 is 4.74 Å². The quantitative estimate of drug-likeness (QED) is 0.560. The molecule has 90 valence electrons. The molecule has 5 heteroatoms. The summed E-state index contributed by atoms with van der Waals surface area (Å²) in [5.41, 5.74) is 4.08. The molecule has 0 saturated carbocycles. The van der Waals surface area contributed by atoms with Crippen LogP contribution in [0.3, 0.4) is 0 Å². The summed E-state index contributed by atoms with van der Waals surface area (Å²) < 4.78 is 7.43. The van der Waals surface area contributed by atoms with Gasteiger partial charge in [0.15, 0.2) is 0 Å². The van der Waals surface area contributed by atoms with Crippen LogP contribution in [0.2, 0.25) is 0 Å². The molecule has 1 aliphatic rings. The number of nitrogens with zero attached hydrogens (tertiary/aromatic N) is 2. The third kappa shape index (κ3) is 3.04. The van der Waals surface area contributed by atoms with E-state index in [1.54, 1.807) is 0 Å². The van der Waals surface area contributed by atoms with Crippen LogP contribution in [0.1, 0.15) is 24.8 Å². The minimum Gasteiger partial charge on any atom is -0.378 e. The molecule has 2 unspecified atom stereocenters. The lowest BCUT2D eigenvalue weighted by atomic mass is 10.0. The fourth-order valence-corrected chi connectivity index (χ4v) is 2.22. The second kappa shape index (κ2) is 5.43. The van der Waals surface area contributed by atoms with Gasteiger partial charge in [-0.1, -0.05) is 0 Å². The van der Waals surface area contributed by atoms with Gasteiger partial charge in [-0.3, -0.25) is 16.0 Å². The summed E-state index contributed by atoms with van der Waals surface area (Å²) in [5, 5.41) is 4.15. The number of aryl methyl sites for hydroxylation is 1. The Balaban J connectivity index is 1.84. The molecule has 16 heavy (non-hydrogen) atoms. The van der Waals surface area contributed by atoms with Gasteiger partial charge >= 0.3 is 0 Å². The van der Waals surface area contributed by atoms with Gasteiger partial charge < -0.3 is 4.74 Å². The second-order valence-electron chi connectivity index (χ2n) is 4.46. The molecule has 3 N–H and O–H groups in total. The summed E-state index contributed by atoms with van der Waals surface area (Å²) in [7, 11) is 1.93. The second-order valence-corrected chi connectivity index (χ2v) is 4.46. The molecule has 1 aromatic rings. The summed E-state index contributed by atoms with van der Waals surface area (Å²) in [6, 6.07) is 0.271. The summed E-state index contributed by atoms with van der Waals surface area (Å²) in [6.07, 6.45) is 8.51. The maximum Gasteiger partial charge on any atom is 0.0591 e. The minimum atomic E-state index is 0.271. The van der Waals surface area contributed by atoms with Crippen LogP contribution in [-0.4, -0.2) is 28.5 Å². The number of ether oxygens (including phenoxy) is 1. The Labute approximate surface area is 95.9 Å². The number of nitrogens with one attached hydrogen (secondary N) is 1. The molecule has 0 radical (unpaired) electrons. The molecule has 1 aliphatic heterocycles. The van der Waals surface area contributed by atoms with Crippen LogP contribution in [0.4, 0.5) is 0 Å². The van der Waals surface area contributed by atoms with Crippen LogP contribution in [0.15, 0.2) is 12.4 Å². The normalized spacial score (nSPS) is 22.5. The Kier molecular flexibility index (Phi) is 3.93. The van der Waals surface area contributed by atoms with Crippen LogP contribution < -0.4 is 11.3 Å². The number of hydrazine groups is 1. The van der Waals surface area contributed by atoms with E-state index in [-0.39, 0.29) is 6.04 Å². The Bertz CT molecular complexity index is 320. The highest BCUT2D eigenvalue weighted by Gasteiger charge is 2.20. The molecule has 0 aliphatic carbocycles. The average Bonchev–Trinajstić information content (AvgIpc) is 2.89. The zero-order chi connectivity index (χ0) is 11.4. The molecular formula is C11H20N4O. The maximum absolute atomic E-state index is 5.61. The fourth-order valence-electron chi connectivity index (χ4n) is 2.22. The first-order valence-corrected chi connectivity index (χ1v) is 5.83. The number of hydrogen-bond acceptors (Lipinski definition) is 4. The maximum atomic E-state index is 5.61. The van der Waals surface area contributed by atoms with Crippen LogP contribution in [-0.2, 0) is 18.2 Å². The number of aromatic nitrogens is 2. The van der Waals surface area contributed by atoms with E-state index >= 15 is 0 Å². The molecule has 0 bridgehead atoms. The highest BCUT2D eigenvalue weighted by molar-refractivity contribution is 5.06. The lowest BCUT2D eigenvalue weighted by Crippen LogP contribution is -2.39. The van der Waals surface area contributed by atoms with Crippen molar-refractivity contribution in [3.8, 4) is 0 Å². The third-order valence-corrected chi connectivity index (χ3v) is 3.05. The van der Waals surface area contributed by atoms with E-state index in [0.717, 1.165) is 25.9 Å². The predicted molar refractivity (Wildman–Crippen MR) is 61.6 cm³/mol. The third-order valence-electron chi connectivity index (χ3n) is 3.05. The number of hydrogen-bond donors (Lipinski definition) is 2. The average molecular weight is 224 g/mol. The number of nitrogens with two attached hydrogens (primary N) is 1. The molecular weight excluding hydrogens is 204 g/mol. The molecule has 1 aromatic heterocycles. The van der Waals surface area contributed by atoms with Crippen LogP contribution >= 0.6 is 0 Å². The zero-order valence-corrected chi connectivity index (χ0v) is 9.72. The summed E-state index contributed by atoms with van der Waals surface area (Å²) in [4.78, 5) is 0. The van der Waals surface area contributed by atoms with Gasteiger partial charge in [-0.05, 0) is 31.2 Å². The minimum absolute atomic E-state index is 0.271. The summed E-state index contributed by atoms with van der Waals surface area (Å²) in [5.74, 6) is 5.57. The monoisotopic (exact) mass is 224 g/mol. The molecule has 2 heterocycles. The summed E-state index contributed by atoms with van der Waals surface area (Å²) >= 11 is 0. The molecule has 1 saturated heterocycles. The van der Waals surface area contributed by atoms with Gasteiger partial charge in [0.05, 0.1) is 12.3 Å². The van der Waals surface area contributed by atoms with E-state index in [9.17, 15) is 0 Å². The molecule has 1 fully saturated rings.